The Balaban J connectivity index is 1.28. The molecule has 0 saturated carbocycles. The Hall–Kier alpha value is -5.02. The summed E-state index contributed by atoms with van der Waals surface area (Å²) in [5, 5.41) is 0. The fraction of sp³-hybridized carbons (Fsp3) is 0.446. The van der Waals surface area contributed by atoms with Crippen molar-refractivity contribution in [3.63, 3.8) is 0 Å². The first-order valence-electron chi connectivity index (χ1n) is 25.9. The lowest BCUT2D eigenvalue weighted by Crippen LogP contribution is -2.61. The topological polar surface area (TPSA) is 6.48 Å². The Morgan fingerprint density at radius 3 is 1.44 bits per heavy atom. The highest BCUT2D eigenvalue weighted by Gasteiger charge is 2.50. The minimum absolute atomic E-state index is 0.0418. The van der Waals surface area contributed by atoms with Crippen LogP contribution in [0.3, 0.4) is 0 Å². The zero-order valence-corrected chi connectivity index (χ0v) is 44.9. The Bertz CT molecular complexity index is 3130. The summed E-state index contributed by atoms with van der Waals surface area (Å²) in [6, 6.07) is 42.0. The molecular formula is C65H77BN2. The quantitative estimate of drug-likeness (QED) is 0.162. The zero-order chi connectivity index (χ0) is 48.8. The van der Waals surface area contributed by atoms with Gasteiger partial charge in [-0.15, -0.1) is 0 Å². The van der Waals surface area contributed by atoms with Crippen LogP contribution in [-0.4, -0.2) is 6.71 Å². The molecule has 2 heterocycles. The molecule has 6 aromatic rings. The van der Waals surface area contributed by atoms with Crippen molar-refractivity contribution in [1.29, 1.82) is 0 Å². The van der Waals surface area contributed by atoms with Gasteiger partial charge in [-0.05, 0) is 179 Å². The lowest BCUT2D eigenvalue weighted by atomic mass is 9.33. The molecule has 68 heavy (non-hydrogen) atoms. The zero-order valence-electron chi connectivity index (χ0n) is 44.9. The second kappa shape index (κ2) is 13.9. The summed E-state index contributed by atoms with van der Waals surface area (Å²) < 4.78 is 0. The lowest BCUT2D eigenvalue weighted by Gasteiger charge is -2.46. The average molecular weight is 897 g/mol. The fourth-order valence-electron chi connectivity index (χ4n) is 15.3. The smallest absolute Gasteiger partial charge is 0.252 e. The Morgan fingerprint density at radius 2 is 0.868 bits per heavy atom. The highest BCUT2D eigenvalue weighted by molar-refractivity contribution is 7.00. The van der Waals surface area contributed by atoms with Crippen LogP contribution in [0.1, 0.15) is 193 Å². The molecule has 3 aliphatic carbocycles. The second-order valence-electron chi connectivity index (χ2n) is 27.8. The number of hydrogen-bond donors (Lipinski definition) is 0. The van der Waals surface area contributed by atoms with Gasteiger partial charge < -0.3 is 9.80 Å². The van der Waals surface area contributed by atoms with Crippen molar-refractivity contribution in [2.75, 3.05) is 9.80 Å². The summed E-state index contributed by atoms with van der Waals surface area (Å²) in [6.07, 6.45) is 3.41. The molecule has 0 spiro atoms. The molecule has 5 aliphatic rings. The molecule has 0 aromatic heterocycles. The summed E-state index contributed by atoms with van der Waals surface area (Å²) in [7, 11) is 0. The Kier molecular flexibility index (Phi) is 9.26. The maximum atomic E-state index is 2.75. The van der Waals surface area contributed by atoms with Gasteiger partial charge in [0, 0.05) is 39.5 Å². The van der Waals surface area contributed by atoms with E-state index in [1.165, 1.54) is 106 Å². The van der Waals surface area contributed by atoms with Crippen LogP contribution in [0.25, 0.3) is 0 Å². The molecule has 0 radical (unpaired) electrons. The van der Waals surface area contributed by atoms with Crippen molar-refractivity contribution in [2.45, 2.75) is 187 Å². The van der Waals surface area contributed by atoms with Gasteiger partial charge in [0.2, 0.25) is 0 Å². The molecule has 2 nitrogen and oxygen atoms in total. The van der Waals surface area contributed by atoms with Gasteiger partial charge in [-0.1, -0.05) is 178 Å². The van der Waals surface area contributed by atoms with Gasteiger partial charge in [-0.25, -0.2) is 0 Å². The first kappa shape index (κ1) is 45.4. The highest BCUT2D eigenvalue weighted by atomic mass is 15.2. The molecule has 0 amide bonds. The van der Waals surface area contributed by atoms with Crippen molar-refractivity contribution in [2.24, 2.45) is 0 Å². The molecule has 0 saturated heterocycles. The molecule has 2 aliphatic heterocycles. The third-order valence-electron chi connectivity index (χ3n) is 18.2. The van der Waals surface area contributed by atoms with Gasteiger partial charge in [0.05, 0.1) is 0 Å². The van der Waals surface area contributed by atoms with Crippen LogP contribution in [0, 0.1) is 6.92 Å². The molecule has 0 atom stereocenters. The van der Waals surface area contributed by atoms with Crippen LogP contribution >= 0.6 is 0 Å². The van der Waals surface area contributed by atoms with Crippen molar-refractivity contribution >= 4 is 57.2 Å². The van der Waals surface area contributed by atoms with E-state index in [2.05, 4.69) is 238 Å². The number of nitrogens with zero attached hydrogens (tertiary/aromatic N) is 2. The van der Waals surface area contributed by atoms with E-state index >= 15 is 0 Å². The largest absolute Gasteiger partial charge is 0.311 e. The predicted octanol–water partition coefficient (Wildman–Crippen LogP) is 15.6. The number of rotatable bonds is 4. The number of fused-ring (bicyclic) bond motifs is 7. The summed E-state index contributed by atoms with van der Waals surface area (Å²) >= 11 is 0. The van der Waals surface area contributed by atoms with E-state index in [9.17, 15) is 0 Å². The first-order chi connectivity index (χ1) is 31.4. The summed E-state index contributed by atoms with van der Waals surface area (Å²) in [5.74, 6) is 0. The molecule has 0 unspecified atom stereocenters. The minimum atomic E-state index is -0.213. The van der Waals surface area contributed by atoms with E-state index in [-0.39, 0.29) is 50.0 Å². The molecule has 0 fully saturated rings. The molecule has 350 valence electrons. The van der Waals surface area contributed by atoms with Crippen LogP contribution in [0.4, 0.5) is 34.1 Å². The maximum Gasteiger partial charge on any atom is 0.252 e. The van der Waals surface area contributed by atoms with Gasteiger partial charge >= 0.3 is 0 Å². The second-order valence-corrected chi connectivity index (χ2v) is 27.8. The van der Waals surface area contributed by atoms with E-state index in [1.807, 2.05) is 0 Å². The van der Waals surface area contributed by atoms with E-state index < -0.39 is 0 Å². The maximum absolute atomic E-state index is 2.75. The Labute approximate surface area is 411 Å². The van der Waals surface area contributed by atoms with Gasteiger partial charge in [0.15, 0.2) is 0 Å². The van der Waals surface area contributed by atoms with Crippen LogP contribution in [-0.2, 0) is 43.3 Å². The van der Waals surface area contributed by atoms with Gasteiger partial charge in [0.25, 0.3) is 6.71 Å². The van der Waals surface area contributed by atoms with E-state index in [0.29, 0.717) is 0 Å². The van der Waals surface area contributed by atoms with Crippen LogP contribution in [0.15, 0.2) is 103 Å². The molecule has 0 bridgehead atoms. The van der Waals surface area contributed by atoms with Crippen molar-refractivity contribution in [3.05, 3.63) is 159 Å². The van der Waals surface area contributed by atoms with E-state index in [1.54, 1.807) is 0 Å². The highest BCUT2D eigenvalue weighted by Crippen LogP contribution is 2.57. The molecule has 0 N–H and O–H groups in total. The number of anilines is 6. The predicted molar refractivity (Wildman–Crippen MR) is 294 cm³/mol. The van der Waals surface area contributed by atoms with Crippen molar-refractivity contribution in [3.8, 4) is 0 Å². The molecule has 6 aromatic carbocycles. The normalized spacial score (nSPS) is 20.4. The summed E-state index contributed by atoms with van der Waals surface area (Å²) in [6.45, 7) is 44.1. The SMILES string of the molecule is Cc1cc2c(cc1N1c3cc4c(cc3B3c5ccc(C(C)(C)c6ccccc6)cc5N(c5ccc6c(c5)C(C)(C)CC6(C)C)c5cc(C(C)(C)C)cc1c53)C(C)(C)CC4(C)C)C(C)(C)CC2(C)C. The molecular weight excluding hydrogens is 820 g/mol. The number of aryl methyl sites for hydroxylation is 1. The lowest BCUT2D eigenvalue weighted by molar-refractivity contribution is 0.402. The molecule has 11 rings (SSSR count). The van der Waals surface area contributed by atoms with Crippen LogP contribution in [0.5, 0.6) is 0 Å². The first-order valence-corrected chi connectivity index (χ1v) is 25.9. The standard InChI is InChI=1S/C65H77BN2/c1-39-28-45-48(63(13,14)37-60(45,7)8)34-52(39)68-54-35-49-47(62(11,12)38-64(49,15)16)33-51(54)66-50-27-24-41(65(17,18)40-22-20-19-21-23-40)29-53(50)67(55-30-42(58(2,3)4)31-56(68)57(55)66)43-25-26-44-46(32-43)61(9,10)36-59(44,5)6/h19-35H,36-38H2,1-18H3. The van der Waals surface area contributed by atoms with Gasteiger partial charge in [0.1, 0.15) is 0 Å². The van der Waals surface area contributed by atoms with E-state index in [0.717, 1.165) is 19.3 Å². The van der Waals surface area contributed by atoms with E-state index in [4.69, 9.17) is 0 Å². The third-order valence-corrected chi connectivity index (χ3v) is 18.2. The Morgan fingerprint density at radius 1 is 0.397 bits per heavy atom. The van der Waals surface area contributed by atoms with Crippen molar-refractivity contribution in [1.82, 2.24) is 0 Å². The van der Waals surface area contributed by atoms with Crippen LogP contribution in [0.2, 0.25) is 0 Å². The van der Waals surface area contributed by atoms with Gasteiger partial charge in [-0.3, -0.25) is 0 Å². The van der Waals surface area contributed by atoms with Gasteiger partial charge in [-0.2, -0.15) is 0 Å². The molecule has 3 heteroatoms. The summed E-state index contributed by atoms with van der Waals surface area (Å²) in [5.41, 5.74) is 26.6. The number of hydrogen-bond acceptors (Lipinski definition) is 2. The minimum Gasteiger partial charge on any atom is -0.311 e. The average Bonchev–Trinajstić information content (AvgIpc) is 3.64. The number of benzene rings is 6. The third kappa shape index (κ3) is 6.41. The van der Waals surface area contributed by atoms with Crippen molar-refractivity contribution < 1.29 is 0 Å². The summed E-state index contributed by atoms with van der Waals surface area (Å²) in [4.78, 5) is 5.46. The van der Waals surface area contributed by atoms with Crippen LogP contribution < -0.4 is 26.2 Å². The fourth-order valence-corrected chi connectivity index (χ4v) is 15.3. The monoisotopic (exact) mass is 897 g/mol.